The SMILES string of the molecule is N[C@@H]1CSCc2c(F)ccc(F)c21. The standard InChI is InChI=1S/C9H9F2NS/c10-6-1-2-7(11)9-5(6)3-13-4-8(9)12/h1-2,8H,3-4,12H2/t8-/m1/s1. The van der Waals surface area contributed by atoms with Crippen LogP contribution in [0.1, 0.15) is 17.2 Å². The Balaban J connectivity index is 2.60. The highest BCUT2D eigenvalue weighted by atomic mass is 32.2. The van der Waals surface area contributed by atoms with Crippen molar-refractivity contribution in [2.45, 2.75) is 11.8 Å². The zero-order valence-corrected chi connectivity index (χ0v) is 7.70. The Hall–Kier alpha value is -0.610. The summed E-state index contributed by atoms with van der Waals surface area (Å²) >= 11 is 1.54. The van der Waals surface area contributed by atoms with Crippen molar-refractivity contribution in [2.75, 3.05) is 5.75 Å². The van der Waals surface area contributed by atoms with Crippen LogP contribution in [0.4, 0.5) is 8.78 Å². The van der Waals surface area contributed by atoms with Crippen molar-refractivity contribution in [3.8, 4) is 0 Å². The van der Waals surface area contributed by atoms with E-state index >= 15 is 0 Å². The van der Waals surface area contributed by atoms with Crippen LogP contribution >= 0.6 is 11.8 Å². The van der Waals surface area contributed by atoms with E-state index < -0.39 is 0 Å². The van der Waals surface area contributed by atoms with Crippen LogP contribution < -0.4 is 5.73 Å². The molecule has 0 amide bonds. The van der Waals surface area contributed by atoms with Gasteiger partial charge in [0.25, 0.3) is 0 Å². The lowest BCUT2D eigenvalue weighted by atomic mass is 10.0. The Kier molecular flexibility index (Phi) is 2.26. The first-order valence-corrected chi connectivity index (χ1v) is 5.15. The number of hydrogen-bond donors (Lipinski definition) is 1. The first-order valence-electron chi connectivity index (χ1n) is 4.00. The second-order valence-electron chi connectivity index (χ2n) is 3.04. The molecule has 0 saturated carbocycles. The molecule has 1 nitrogen and oxygen atoms in total. The Labute approximate surface area is 79.3 Å². The summed E-state index contributed by atoms with van der Waals surface area (Å²) in [4.78, 5) is 0. The minimum atomic E-state index is -0.385. The Bertz CT molecular complexity index is 341. The molecule has 70 valence electrons. The summed E-state index contributed by atoms with van der Waals surface area (Å²) in [7, 11) is 0. The number of hydrogen-bond acceptors (Lipinski definition) is 2. The Morgan fingerprint density at radius 2 is 2.00 bits per heavy atom. The third kappa shape index (κ3) is 1.44. The maximum atomic E-state index is 13.2. The largest absolute Gasteiger partial charge is 0.323 e. The van der Waals surface area contributed by atoms with Crippen LogP contribution in [0.5, 0.6) is 0 Å². The lowest BCUT2D eigenvalue weighted by Crippen LogP contribution is -2.21. The van der Waals surface area contributed by atoms with E-state index in [4.69, 9.17) is 5.73 Å². The van der Waals surface area contributed by atoms with Gasteiger partial charge < -0.3 is 5.73 Å². The van der Waals surface area contributed by atoms with E-state index in [0.29, 0.717) is 22.6 Å². The second-order valence-corrected chi connectivity index (χ2v) is 4.07. The van der Waals surface area contributed by atoms with Crippen LogP contribution in [0.2, 0.25) is 0 Å². The predicted molar refractivity (Wildman–Crippen MR) is 49.4 cm³/mol. The molecule has 13 heavy (non-hydrogen) atoms. The molecular formula is C9H9F2NS. The summed E-state index contributed by atoms with van der Waals surface area (Å²) in [5.74, 6) is 0.447. The molecule has 0 spiro atoms. The molecule has 0 fully saturated rings. The van der Waals surface area contributed by atoms with E-state index in [1.54, 1.807) is 0 Å². The van der Waals surface area contributed by atoms with Crippen molar-refractivity contribution >= 4 is 11.8 Å². The molecule has 0 unspecified atom stereocenters. The molecular weight excluding hydrogens is 192 g/mol. The number of rotatable bonds is 0. The molecule has 1 aromatic carbocycles. The molecule has 1 aliphatic heterocycles. The molecule has 0 bridgehead atoms. The molecule has 1 aromatic rings. The minimum absolute atomic E-state index is 0.348. The zero-order valence-electron chi connectivity index (χ0n) is 6.89. The smallest absolute Gasteiger partial charge is 0.128 e. The number of halogens is 2. The van der Waals surface area contributed by atoms with Gasteiger partial charge in [-0.05, 0) is 12.1 Å². The van der Waals surface area contributed by atoms with Crippen LogP contribution in [0.3, 0.4) is 0 Å². The topological polar surface area (TPSA) is 26.0 Å². The first-order chi connectivity index (χ1) is 6.20. The van der Waals surface area contributed by atoms with Gasteiger partial charge in [0.15, 0.2) is 0 Å². The summed E-state index contributed by atoms with van der Waals surface area (Å²) in [6, 6.07) is 1.93. The van der Waals surface area contributed by atoms with Crippen LogP contribution in [-0.2, 0) is 5.75 Å². The number of benzene rings is 1. The van der Waals surface area contributed by atoms with Gasteiger partial charge in [-0.25, -0.2) is 8.78 Å². The number of fused-ring (bicyclic) bond motifs is 1. The summed E-state index contributed by atoms with van der Waals surface area (Å²) < 4.78 is 26.4. The highest BCUT2D eigenvalue weighted by molar-refractivity contribution is 7.98. The normalized spacial score (nSPS) is 21.3. The summed E-state index contributed by atoms with van der Waals surface area (Å²) in [5.41, 5.74) is 6.48. The van der Waals surface area contributed by atoms with E-state index in [0.717, 1.165) is 12.1 Å². The summed E-state index contributed by atoms with van der Waals surface area (Å²) in [5, 5.41) is 0. The van der Waals surface area contributed by atoms with Gasteiger partial charge in [0.2, 0.25) is 0 Å². The molecule has 1 aliphatic rings. The highest BCUT2D eigenvalue weighted by Gasteiger charge is 2.23. The monoisotopic (exact) mass is 201 g/mol. The van der Waals surface area contributed by atoms with Crippen molar-refractivity contribution in [1.82, 2.24) is 0 Å². The van der Waals surface area contributed by atoms with Crippen molar-refractivity contribution in [3.05, 3.63) is 34.9 Å². The molecule has 0 radical (unpaired) electrons. The maximum Gasteiger partial charge on any atom is 0.128 e. The highest BCUT2D eigenvalue weighted by Crippen LogP contribution is 2.33. The quantitative estimate of drug-likeness (QED) is 0.696. The average Bonchev–Trinajstić information content (AvgIpc) is 2.12. The Morgan fingerprint density at radius 1 is 1.31 bits per heavy atom. The molecule has 4 heteroatoms. The fraction of sp³-hybridized carbons (Fsp3) is 0.333. The van der Waals surface area contributed by atoms with Crippen molar-refractivity contribution < 1.29 is 8.78 Å². The lowest BCUT2D eigenvalue weighted by molar-refractivity contribution is 0.561. The van der Waals surface area contributed by atoms with Gasteiger partial charge in [-0.2, -0.15) is 11.8 Å². The van der Waals surface area contributed by atoms with Crippen LogP contribution in [-0.4, -0.2) is 5.75 Å². The third-order valence-corrected chi connectivity index (χ3v) is 3.25. The second kappa shape index (κ2) is 3.27. The van der Waals surface area contributed by atoms with Gasteiger partial charge in [-0.3, -0.25) is 0 Å². The van der Waals surface area contributed by atoms with Crippen molar-refractivity contribution in [3.63, 3.8) is 0 Å². The molecule has 0 saturated heterocycles. The molecule has 0 aliphatic carbocycles. The zero-order chi connectivity index (χ0) is 9.42. The van der Waals surface area contributed by atoms with Gasteiger partial charge in [0.05, 0.1) is 0 Å². The van der Waals surface area contributed by atoms with Gasteiger partial charge in [0, 0.05) is 28.7 Å². The predicted octanol–water partition coefficient (Wildman–Crippen LogP) is 2.21. The number of nitrogens with two attached hydrogens (primary N) is 1. The van der Waals surface area contributed by atoms with E-state index in [9.17, 15) is 8.78 Å². The molecule has 1 heterocycles. The van der Waals surface area contributed by atoms with Crippen LogP contribution in [0.15, 0.2) is 12.1 Å². The van der Waals surface area contributed by atoms with Gasteiger partial charge >= 0.3 is 0 Å². The van der Waals surface area contributed by atoms with Crippen LogP contribution in [0.25, 0.3) is 0 Å². The fourth-order valence-electron chi connectivity index (χ4n) is 1.53. The maximum absolute atomic E-state index is 13.2. The average molecular weight is 201 g/mol. The minimum Gasteiger partial charge on any atom is -0.323 e. The van der Waals surface area contributed by atoms with Crippen molar-refractivity contribution in [2.24, 2.45) is 5.73 Å². The van der Waals surface area contributed by atoms with Gasteiger partial charge in [-0.15, -0.1) is 0 Å². The summed E-state index contributed by atoms with van der Waals surface area (Å²) in [6.07, 6.45) is 0. The molecule has 2 N–H and O–H groups in total. The first kappa shape index (κ1) is 8.97. The van der Waals surface area contributed by atoms with E-state index in [1.165, 1.54) is 11.8 Å². The van der Waals surface area contributed by atoms with E-state index in [1.807, 2.05) is 0 Å². The summed E-state index contributed by atoms with van der Waals surface area (Å²) in [6.45, 7) is 0. The molecule has 1 atom stereocenters. The molecule has 0 aromatic heterocycles. The third-order valence-electron chi connectivity index (χ3n) is 2.16. The van der Waals surface area contributed by atoms with Crippen LogP contribution in [0, 0.1) is 11.6 Å². The Morgan fingerprint density at radius 3 is 2.69 bits per heavy atom. The van der Waals surface area contributed by atoms with Gasteiger partial charge in [-0.1, -0.05) is 0 Å². The van der Waals surface area contributed by atoms with Gasteiger partial charge in [0.1, 0.15) is 11.6 Å². The molecule has 2 rings (SSSR count). The van der Waals surface area contributed by atoms with Crippen molar-refractivity contribution in [1.29, 1.82) is 0 Å². The number of thioether (sulfide) groups is 1. The lowest BCUT2D eigenvalue weighted by Gasteiger charge is -2.22. The van der Waals surface area contributed by atoms with E-state index in [-0.39, 0.29) is 17.7 Å². The van der Waals surface area contributed by atoms with E-state index in [2.05, 4.69) is 0 Å². The fourth-order valence-corrected chi connectivity index (χ4v) is 2.56.